The van der Waals surface area contributed by atoms with Gasteiger partial charge < -0.3 is 4.57 Å². The van der Waals surface area contributed by atoms with Crippen molar-refractivity contribution in [1.82, 2.24) is 14.8 Å². The lowest BCUT2D eigenvalue weighted by Gasteiger charge is -2.03. The first-order valence-electron chi connectivity index (χ1n) is 4.53. The lowest BCUT2D eigenvalue weighted by Crippen LogP contribution is -1.98. The van der Waals surface area contributed by atoms with Crippen LogP contribution in [0.5, 0.6) is 0 Å². The minimum absolute atomic E-state index is 0.252. The van der Waals surface area contributed by atoms with Crippen molar-refractivity contribution in [2.24, 2.45) is 7.05 Å². The first-order valence-corrected chi connectivity index (χ1v) is 5.86. The number of rotatable bonds is 2. The lowest BCUT2D eigenvalue weighted by atomic mass is 10.2. The Morgan fingerprint density at radius 3 is 2.75 bits per heavy atom. The molecule has 2 rings (SSSR count). The van der Waals surface area contributed by atoms with Gasteiger partial charge in [0, 0.05) is 11.5 Å². The van der Waals surface area contributed by atoms with Gasteiger partial charge in [0.15, 0.2) is 5.82 Å². The van der Waals surface area contributed by atoms with Crippen LogP contribution in [0.3, 0.4) is 0 Å². The zero-order valence-corrected chi connectivity index (χ0v) is 10.8. The highest BCUT2D eigenvalue weighted by Crippen LogP contribution is 2.24. The Balaban J connectivity index is 2.54. The summed E-state index contributed by atoms with van der Waals surface area (Å²) in [5, 5.41) is 7.80. The van der Waals surface area contributed by atoms with Crippen LogP contribution >= 0.6 is 27.5 Å². The molecule has 0 aliphatic rings. The Hall–Kier alpha value is -0.940. The smallest absolute Gasteiger partial charge is 0.166 e. The molecular weight excluding hydrogens is 296 g/mol. The molecule has 0 N–H and O–H groups in total. The van der Waals surface area contributed by atoms with Crippen LogP contribution in [0.25, 0.3) is 11.4 Å². The molecule has 0 atom stereocenters. The number of hydrogen-bond acceptors (Lipinski definition) is 2. The topological polar surface area (TPSA) is 30.7 Å². The number of aromatic nitrogens is 3. The van der Waals surface area contributed by atoms with E-state index in [0.29, 0.717) is 21.7 Å². The van der Waals surface area contributed by atoms with E-state index in [1.807, 2.05) is 0 Å². The predicted molar refractivity (Wildman–Crippen MR) is 63.7 cm³/mol. The van der Waals surface area contributed by atoms with Crippen LogP contribution in [-0.4, -0.2) is 14.8 Å². The van der Waals surface area contributed by atoms with Crippen molar-refractivity contribution in [1.29, 1.82) is 0 Å². The van der Waals surface area contributed by atoms with E-state index in [-0.39, 0.29) is 11.7 Å². The van der Waals surface area contributed by atoms with E-state index in [4.69, 9.17) is 11.6 Å². The SMILES string of the molecule is Cn1c(CCl)nnc1-c1ccc(Br)cc1F. The molecule has 0 unspecified atom stereocenters. The average molecular weight is 305 g/mol. The number of nitrogens with zero attached hydrogens (tertiary/aromatic N) is 3. The van der Waals surface area contributed by atoms with E-state index in [1.54, 1.807) is 23.7 Å². The molecule has 0 saturated heterocycles. The monoisotopic (exact) mass is 303 g/mol. The molecule has 0 spiro atoms. The predicted octanol–water partition coefficient (Wildman–Crippen LogP) is 3.12. The van der Waals surface area contributed by atoms with Crippen LogP contribution in [-0.2, 0) is 12.9 Å². The van der Waals surface area contributed by atoms with Crippen LogP contribution in [0.1, 0.15) is 5.82 Å². The van der Waals surface area contributed by atoms with Crippen molar-refractivity contribution < 1.29 is 4.39 Å². The number of benzene rings is 1. The standard InChI is InChI=1S/C10H8BrClFN3/c1-16-9(5-12)14-15-10(16)7-3-2-6(11)4-8(7)13/h2-4H,5H2,1H3. The Bertz CT molecular complexity index is 527. The van der Waals surface area contributed by atoms with Crippen LogP contribution < -0.4 is 0 Å². The van der Waals surface area contributed by atoms with Crippen LogP contribution in [0, 0.1) is 5.82 Å². The maximum absolute atomic E-state index is 13.7. The Labute approximate surface area is 105 Å². The van der Waals surface area contributed by atoms with Gasteiger partial charge in [-0.15, -0.1) is 21.8 Å². The van der Waals surface area contributed by atoms with E-state index in [2.05, 4.69) is 26.1 Å². The second-order valence-electron chi connectivity index (χ2n) is 3.26. The highest BCUT2D eigenvalue weighted by molar-refractivity contribution is 9.10. The normalized spacial score (nSPS) is 10.8. The van der Waals surface area contributed by atoms with E-state index < -0.39 is 0 Å². The Morgan fingerprint density at radius 2 is 2.19 bits per heavy atom. The molecule has 0 amide bonds. The second kappa shape index (κ2) is 4.51. The molecule has 6 heteroatoms. The summed E-state index contributed by atoms with van der Waals surface area (Å²) in [7, 11) is 1.76. The maximum atomic E-state index is 13.7. The lowest BCUT2D eigenvalue weighted by molar-refractivity contribution is 0.627. The first-order chi connectivity index (χ1) is 7.63. The fraction of sp³-hybridized carbons (Fsp3) is 0.200. The van der Waals surface area contributed by atoms with Crippen molar-refractivity contribution in [2.45, 2.75) is 5.88 Å². The van der Waals surface area contributed by atoms with Gasteiger partial charge in [-0.3, -0.25) is 0 Å². The molecule has 2 aromatic rings. The van der Waals surface area contributed by atoms with Gasteiger partial charge in [-0.05, 0) is 18.2 Å². The summed E-state index contributed by atoms with van der Waals surface area (Å²) in [5.74, 6) is 0.993. The summed E-state index contributed by atoms with van der Waals surface area (Å²) in [4.78, 5) is 0. The summed E-state index contributed by atoms with van der Waals surface area (Å²) in [5.41, 5.74) is 0.412. The Morgan fingerprint density at radius 1 is 1.44 bits per heavy atom. The molecule has 84 valence electrons. The minimum atomic E-state index is -0.342. The third kappa shape index (κ3) is 1.97. The highest BCUT2D eigenvalue weighted by atomic mass is 79.9. The summed E-state index contributed by atoms with van der Waals surface area (Å²) in [6, 6.07) is 4.80. The van der Waals surface area contributed by atoms with Gasteiger partial charge >= 0.3 is 0 Å². The third-order valence-electron chi connectivity index (χ3n) is 2.26. The van der Waals surface area contributed by atoms with Gasteiger partial charge in [-0.1, -0.05) is 15.9 Å². The summed E-state index contributed by atoms with van der Waals surface area (Å²) >= 11 is 8.88. The fourth-order valence-corrected chi connectivity index (χ4v) is 1.95. The highest BCUT2D eigenvalue weighted by Gasteiger charge is 2.13. The maximum Gasteiger partial charge on any atom is 0.166 e. The van der Waals surface area contributed by atoms with E-state index in [9.17, 15) is 4.39 Å². The molecule has 0 fully saturated rings. The van der Waals surface area contributed by atoms with E-state index in [0.717, 1.165) is 0 Å². The van der Waals surface area contributed by atoms with Gasteiger partial charge in [0.25, 0.3) is 0 Å². The van der Waals surface area contributed by atoms with Crippen LogP contribution in [0.2, 0.25) is 0 Å². The van der Waals surface area contributed by atoms with Crippen molar-refractivity contribution in [3.63, 3.8) is 0 Å². The summed E-state index contributed by atoms with van der Waals surface area (Å²) < 4.78 is 16.1. The van der Waals surface area contributed by atoms with Crippen molar-refractivity contribution in [2.75, 3.05) is 0 Å². The molecule has 0 bridgehead atoms. The molecular formula is C10H8BrClFN3. The van der Waals surface area contributed by atoms with E-state index >= 15 is 0 Å². The average Bonchev–Trinajstić information content (AvgIpc) is 2.60. The minimum Gasteiger partial charge on any atom is -0.313 e. The molecule has 0 saturated carbocycles. The van der Waals surface area contributed by atoms with Gasteiger partial charge in [0.1, 0.15) is 11.6 Å². The van der Waals surface area contributed by atoms with Gasteiger partial charge in [0.05, 0.1) is 11.4 Å². The molecule has 0 aliphatic carbocycles. The number of hydrogen-bond donors (Lipinski definition) is 0. The van der Waals surface area contributed by atoms with Crippen molar-refractivity contribution >= 4 is 27.5 Å². The number of alkyl halides is 1. The molecule has 16 heavy (non-hydrogen) atoms. The molecule has 1 heterocycles. The second-order valence-corrected chi connectivity index (χ2v) is 4.44. The molecule has 0 radical (unpaired) electrons. The molecule has 3 nitrogen and oxygen atoms in total. The van der Waals surface area contributed by atoms with Gasteiger partial charge in [-0.25, -0.2) is 4.39 Å². The molecule has 1 aromatic heterocycles. The fourth-order valence-electron chi connectivity index (χ4n) is 1.38. The van der Waals surface area contributed by atoms with Crippen LogP contribution in [0.15, 0.2) is 22.7 Å². The molecule has 0 aliphatic heterocycles. The summed E-state index contributed by atoms with van der Waals surface area (Å²) in [6.07, 6.45) is 0. The number of halogens is 3. The van der Waals surface area contributed by atoms with Crippen LogP contribution in [0.4, 0.5) is 4.39 Å². The largest absolute Gasteiger partial charge is 0.313 e. The van der Waals surface area contributed by atoms with Crippen molar-refractivity contribution in [3.05, 3.63) is 34.3 Å². The third-order valence-corrected chi connectivity index (χ3v) is 2.99. The zero-order valence-electron chi connectivity index (χ0n) is 8.41. The quantitative estimate of drug-likeness (QED) is 0.798. The van der Waals surface area contributed by atoms with Gasteiger partial charge in [0.2, 0.25) is 0 Å². The van der Waals surface area contributed by atoms with Crippen molar-refractivity contribution in [3.8, 4) is 11.4 Å². The first kappa shape index (κ1) is 11.5. The Kier molecular flexibility index (Phi) is 3.25. The molecule has 1 aromatic carbocycles. The summed E-state index contributed by atoms with van der Waals surface area (Å²) in [6.45, 7) is 0. The van der Waals surface area contributed by atoms with E-state index in [1.165, 1.54) is 6.07 Å². The zero-order chi connectivity index (χ0) is 11.7. The van der Waals surface area contributed by atoms with Gasteiger partial charge in [-0.2, -0.15) is 0 Å².